The molecule has 1 aromatic carbocycles. The zero-order chi connectivity index (χ0) is 13.8. The summed E-state index contributed by atoms with van der Waals surface area (Å²) in [4.78, 5) is 5.09. The van der Waals surface area contributed by atoms with E-state index < -0.39 is 0 Å². The first kappa shape index (κ1) is 14.0. The quantitative estimate of drug-likeness (QED) is 0.887. The zero-order valence-electron chi connectivity index (χ0n) is 12.1. The van der Waals surface area contributed by atoms with Crippen molar-refractivity contribution in [3.63, 3.8) is 0 Å². The summed E-state index contributed by atoms with van der Waals surface area (Å²) < 4.78 is 5.59. The Balaban J connectivity index is 1.54. The third-order valence-electron chi connectivity index (χ3n) is 4.75. The lowest BCUT2D eigenvalue weighted by molar-refractivity contribution is 0.0252. The van der Waals surface area contributed by atoms with Gasteiger partial charge in [-0.25, -0.2) is 0 Å². The summed E-state index contributed by atoms with van der Waals surface area (Å²) >= 11 is 0. The SMILES string of the molecule is NCC1(N2CCN(Cc3ccccc3)CC2)CCOC1. The fourth-order valence-electron chi connectivity index (χ4n) is 3.36. The molecule has 0 spiro atoms. The molecule has 1 unspecified atom stereocenters. The van der Waals surface area contributed by atoms with Crippen LogP contribution in [0.25, 0.3) is 0 Å². The van der Waals surface area contributed by atoms with Crippen LogP contribution < -0.4 is 5.73 Å². The van der Waals surface area contributed by atoms with Crippen molar-refractivity contribution in [3.05, 3.63) is 35.9 Å². The molecule has 20 heavy (non-hydrogen) atoms. The molecule has 0 bridgehead atoms. The first-order chi connectivity index (χ1) is 9.82. The van der Waals surface area contributed by atoms with Gasteiger partial charge in [0, 0.05) is 45.9 Å². The highest BCUT2D eigenvalue weighted by Gasteiger charge is 2.40. The van der Waals surface area contributed by atoms with Crippen LogP contribution in [0.15, 0.2) is 30.3 Å². The van der Waals surface area contributed by atoms with Gasteiger partial charge in [0.1, 0.15) is 0 Å². The van der Waals surface area contributed by atoms with Crippen molar-refractivity contribution in [2.45, 2.75) is 18.5 Å². The largest absolute Gasteiger partial charge is 0.379 e. The van der Waals surface area contributed by atoms with Crippen molar-refractivity contribution in [1.82, 2.24) is 9.80 Å². The Hall–Kier alpha value is -0.940. The lowest BCUT2D eigenvalue weighted by Gasteiger charge is -2.44. The van der Waals surface area contributed by atoms with Crippen molar-refractivity contribution in [2.75, 3.05) is 45.9 Å². The molecule has 2 fully saturated rings. The van der Waals surface area contributed by atoms with Crippen LogP contribution in [0.3, 0.4) is 0 Å². The van der Waals surface area contributed by atoms with Gasteiger partial charge in [-0.05, 0) is 12.0 Å². The number of nitrogens with zero attached hydrogens (tertiary/aromatic N) is 2. The van der Waals surface area contributed by atoms with E-state index in [1.807, 2.05) is 0 Å². The summed E-state index contributed by atoms with van der Waals surface area (Å²) in [5.41, 5.74) is 7.53. The van der Waals surface area contributed by atoms with Crippen LogP contribution in [0.1, 0.15) is 12.0 Å². The zero-order valence-corrected chi connectivity index (χ0v) is 12.1. The van der Waals surface area contributed by atoms with Crippen LogP contribution in [-0.2, 0) is 11.3 Å². The maximum atomic E-state index is 6.02. The van der Waals surface area contributed by atoms with E-state index in [1.54, 1.807) is 0 Å². The number of hydrogen-bond donors (Lipinski definition) is 1. The summed E-state index contributed by atoms with van der Waals surface area (Å²) in [5.74, 6) is 0. The number of ether oxygens (including phenoxy) is 1. The number of piperazine rings is 1. The van der Waals surface area contributed by atoms with E-state index in [0.717, 1.165) is 52.4 Å². The molecule has 0 aromatic heterocycles. The second-order valence-electron chi connectivity index (χ2n) is 5.98. The van der Waals surface area contributed by atoms with Gasteiger partial charge in [0.2, 0.25) is 0 Å². The molecular weight excluding hydrogens is 250 g/mol. The van der Waals surface area contributed by atoms with E-state index in [0.29, 0.717) is 6.54 Å². The smallest absolute Gasteiger partial charge is 0.0663 e. The molecule has 2 aliphatic heterocycles. The van der Waals surface area contributed by atoms with Gasteiger partial charge in [-0.2, -0.15) is 0 Å². The van der Waals surface area contributed by atoms with Crippen LogP contribution in [0, 0.1) is 0 Å². The number of nitrogens with two attached hydrogens (primary N) is 1. The molecule has 2 aliphatic rings. The Kier molecular flexibility index (Phi) is 4.36. The van der Waals surface area contributed by atoms with Gasteiger partial charge in [0.15, 0.2) is 0 Å². The molecule has 0 amide bonds. The second-order valence-corrected chi connectivity index (χ2v) is 5.98. The Bertz CT molecular complexity index is 409. The van der Waals surface area contributed by atoms with Crippen LogP contribution in [0.5, 0.6) is 0 Å². The maximum absolute atomic E-state index is 6.02. The Labute approximate surface area is 121 Å². The Morgan fingerprint density at radius 2 is 1.85 bits per heavy atom. The van der Waals surface area contributed by atoms with Crippen molar-refractivity contribution < 1.29 is 4.74 Å². The summed E-state index contributed by atoms with van der Waals surface area (Å²) in [7, 11) is 0. The molecule has 2 saturated heterocycles. The molecule has 110 valence electrons. The Morgan fingerprint density at radius 1 is 1.10 bits per heavy atom. The van der Waals surface area contributed by atoms with Gasteiger partial charge in [0.25, 0.3) is 0 Å². The summed E-state index contributed by atoms with van der Waals surface area (Å²) in [6.45, 7) is 7.89. The maximum Gasteiger partial charge on any atom is 0.0663 e. The molecule has 4 nitrogen and oxygen atoms in total. The molecule has 2 N–H and O–H groups in total. The minimum Gasteiger partial charge on any atom is -0.379 e. The third kappa shape index (κ3) is 2.88. The van der Waals surface area contributed by atoms with Crippen LogP contribution in [0.4, 0.5) is 0 Å². The number of hydrogen-bond acceptors (Lipinski definition) is 4. The van der Waals surface area contributed by atoms with Crippen molar-refractivity contribution in [2.24, 2.45) is 5.73 Å². The monoisotopic (exact) mass is 275 g/mol. The van der Waals surface area contributed by atoms with Crippen molar-refractivity contribution in [3.8, 4) is 0 Å². The molecule has 1 aromatic rings. The minimum absolute atomic E-state index is 0.110. The predicted octanol–water partition coefficient (Wildman–Crippen LogP) is 0.922. The molecule has 0 saturated carbocycles. The molecule has 0 aliphatic carbocycles. The summed E-state index contributed by atoms with van der Waals surface area (Å²) in [6.07, 6.45) is 1.09. The first-order valence-electron chi connectivity index (χ1n) is 7.62. The van der Waals surface area contributed by atoms with Gasteiger partial charge in [0.05, 0.1) is 12.1 Å². The third-order valence-corrected chi connectivity index (χ3v) is 4.75. The highest BCUT2D eigenvalue weighted by atomic mass is 16.5. The van der Waals surface area contributed by atoms with Crippen LogP contribution in [-0.4, -0.2) is 61.3 Å². The van der Waals surface area contributed by atoms with E-state index in [4.69, 9.17) is 10.5 Å². The Morgan fingerprint density at radius 3 is 2.45 bits per heavy atom. The highest BCUT2D eigenvalue weighted by molar-refractivity contribution is 5.14. The average Bonchev–Trinajstić information content (AvgIpc) is 2.99. The molecular formula is C16H25N3O. The van der Waals surface area contributed by atoms with E-state index in [-0.39, 0.29) is 5.54 Å². The summed E-state index contributed by atoms with van der Waals surface area (Å²) in [6, 6.07) is 10.7. The fourth-order valence-corrected chi connectivity index (χ4v) is 3.36. The lowest BCUT2D eigenvalue weighted by Crippen LogP contribution is -2.60. The van der Waals surface area contributed by atoms with E-state index >= 15 is 0 Å². The van der Waals surface area contributed by atoms with Gasteiger partial charge in [-0.1, -0.05) is 30.3 Å². The van der Waals surface area contributed by atoms with E-state index in [1.165, 1.54) is 5.56 Å². The molecule has 4 heteroatoms. The predicted molar refractivity (Wildman–Crippen MR) is 80.5 cm³/mol. The lowest BCUT2D eigenvalue weighted by atomic mass is 9.95. The molecule has 0 radical (unpaired) electrons. The van der Waals surface area contributed by atoms with Crippen molar-refractivity contribution >= 4 is 0 Å². The molecule has 3 rings (SSSR count). The van der Waals surface area contributed by atoms with Crippen LogP contribution in [0.2, 0.25) is 0 Å². The van der Waals surface area contributed by atoms with Crippen LogP contribution >= 0.6 is 0 Å². The van der Waals surface area contributed by atoms with Crippen molar-refractivity contribution in [1.29, 1.82) is 0 Å². The minimum atomic E-state index is 0.110. The number of rotatable bonds is 4. The molecule has 1 atom stereocenters. The van der Waals surface area contributed by atoms with E-state index in [9.17, 15) is 0 Å². The van der Waals surface area contributed by atoms with Gasteiger partial charge in [-0.15, -0.1) is 0 Å². The normalized spacial score (nSPS) is 28.9. The fraction of sp³-hybridized carbons (Fsp3) is 0.625. The second kappa shape index (κ2) is 6.22. The standard InChI is InChI=1S/C16H25N3O/c17-13-16(6-11-20-14-16)19-9-7-18(8-10-19)12-15-4-2-1-3-5-15/h1-5H,6-14,17H2. The van der Waals surface area contributed by atoms with Gasteiger partial charge >= 0.3 is 0 Å². The number of benzene rings is 1. The topological polar surface area (TPSA) is 41.7 Å². The van der Waals surface area contributed by atoms with E-state index in [2.05, 4.69) is 40.1 Å². The summed E-state index contributed by atoms with van der Waals surface area (Å²) in [5, 5.41) is 0. The van der Waals surface area contributed by atoms with Gasteiger partial charge in [-0.3, -0.25) is 9.80 Å². The van der Waals surface area contributed by atoms with Gasteiger partial charge < -0.3 is 10.5 Å². The average molecular weight is 275 g/mol. The molecule has 2 heterocycles. The highest BCUT2D eigenvalue weighted by Crippen LogP contribution is 2.26. The first-order valence-corrected chi connectivity index (χ1v) is 7.62.